The fraction of sp³-hybridized carbons (Fsp3) is 0.636. The van der Waals surface area contributed by atoms with Gasteiger partial charge in [-0.15, -0.1) is 0 Å². The first-order chi connectivity index (χ1) is 8.13. The molecule has 2 unspecified atom stereocenters. The maximum absolute atomic E-state index is 4.55. The van der Waals surface area contributed by atoms with Gasteiger partial charge in [0.15, 0.2) is 0 Å². The number of nitrogens with zero attached hydrogens (tertiary/aromatic N) is 3. The van der Waals surface area contributed by atoms with Gasteiger partial charge in [-0.05, 0) is 22.9 Å². The van der Waals surface area contributed by atoms with E-state index >= 15 is 0 Å². The monoisotopic (exact) mass is 316 g/mol. The van der Waals surface area contributed by atoms with Crippen molar-refractivity contribution in [3.63, 3.8) is 0 Å². The number of aromatic nitrogens is 2. The first-order valence-electron chi connectivity index (χ1n) is 5.72. The predicted octanol–water partition coefficient (Wildman–Crippen LogP) is 2.61. The molecule has 1 aliphatic rings. The minimum Gasteiger partial charge on any atom is -0.357 e. The zero-order valence-corrected chi connectivity index (χ0v) is 12.7. The Labute approximate surface area is 115 Å². The molecule has 6 heteroatoms. The van der Waals surface area contributed by atoms with Crippen molar-refractivity contribution >= 4 is 39.5 Å². The lowest BCUT2D eigenvalue weighted by atomic mass is 10.2. The normalized spacial score (nSPS) is 24.8. The summed E-state index contributed by atoms with van der Waals surface area (Å²) in [5.74, 6) is 2.81. The van der Waals surface area contributed by atoms with Crippen LogP contribution in [0.15, 0.2) is 10.7 Å². The number of rotatable bonds is 2. The smallest absolute Gasteiger partial charge is 0.224 e. The Morgan fingerprint density at radius 3 is 3.00 bits per heavy atom. The first-order valence-corrected chi connectivity index (χ1v) is 7.56. The fourth-order valence-corrected chi connectivity index (χ4v) is 3.43. The van der Waals surface area contributed by atoms with Crippen LogP contribution in [0.2, 0.25) is 0 Å². The van der Waals surface area contributed by atoms with Crippen LogP contribution in [0.25, 0.3) is 0 Å². The molecular formula is C11H17BrN4S. The number of halogens is 1. The Morgan fingerprint density at radius 2 is 2.29 bits per heavy atom. The summed E-state index contributed by atoms with van der Waals surface area (Å²) in [5.41, 5.74) is 0. The van der Waals surface area contributed by atoms with E-state index < -0.39 is 0 Å². The van der Waals surface area contributed by atoms with Crippen LogP contribution in [0.4, 0.5) is 11.8 Å². The van der Waals surface area contributed by atoms with Gasteiger partial charge in [0.1, 0.15) is 5.82 Å². The van der Waals surface area contributed by atoms with E-state index in [2.05, 4.69) is 50.0 Å². The molecule has 17 heavy (non-hydrogen) atoms. The van der Waals surface area contributed by atoms with E-state index in [0.29, 0.717) is 17.2 Å². The van der Waals surface area contributed by atoms with E-state index in [1.54, 1.807) is 0 Å². The molecule has 0 saturated carbocycles. The van der Waals surface area contributed by atoms with Crippen LogP contribution in [0.1, 0.15) is 13.8 Å². The van der Waals surface area contributed by atoms with Crippen LogP contribution in [-0.2, 0) is 0 Å². The van der Waals surface area contributed by atoms with Crippen molar-refractivity contribution in [1.29, 1.82) is 0 Å². The molecule has 0 radical (unpaired) electrons. The van der Waals surface area contributed by atoms with Gasteiger partial charge in [-0.1, -0.05) is 6.92 Å². The average Bonchev–Trinajstić information content (AvgIpc) is 2.34. The highest BCUT2D eigenvalue weighted by Crippen LogP contribution is 2.32. The van der Waals surface area contributed by atoms with Gasteiger partial charge in [-0.2, -0.15) is 16.7 Å². The maximum Gasteiger partial charge on any atom is 0.224 e. The van der Waals surface area contributed by atoms with Crippen molar-refractivity contribution in [2.75, 3.05) is 29.6 Å². The molecule has 2 atom stereocenters. The zero-order chi connectivity index (χ0) is 12.4. The minimum absolute atomic E-state index is 0.490. The lowest BCUT2D eigenvalue weighted by molar-refractivity contribution is 0.619. The lowest BCUT2D eigenvalue weighted by Crippen LogP contribution is -2.45. The third-order valence-corrected chi connectivity index (χ3v) is 5.00. The van der Waals surface area contributed by atoms with Gasteiger partial charge in [0, 0.05) is 36.8 Å². The molecule has 2 rings (SSSR count). The van der Waals surface area contributed by atoms with Gasteiger partial charge in [0.2, 0.25) is 5.95 Å². The lowest BCUT2D eigenvalue weighted by Gasteiger charge is -2.38. The molecule has 0 aromatic carbocycles. The zero-order valence-electron chi connectivity index (χ0n) is 10.3. The van der Waals surface area contributed by atoms with Crippen LogP contribution in [0, 0.1) is 0 Å². The molecule has 1 aromatic heterocycles. The van der Waals surface area contributed by atoms with Crippen molar-refractivity contribution in [3.8, 4) is 0 Å². The summed E-state index contributed by atoms with van der Waals surface area (Å²) < 4.78 is 0.961. The molecule has 1 aromatic rings. The van der Waals surface area contributed by atoms with Gasteiger partial charge in [0.25, 0.3) is 0 Å². The maximum atomic E-state index is 4.55. The molecule has 2 heterocycles. The number of hydrogen-bond acceptors (Lipinski definition) is 5. The topological polar surface area (TPSA) is 41.1 Å². The molecule has 0 amide bonds. The summed E-state index contributed by atoms with van der Waals surface area (Å²) in [6, 6.07) is 0.490. The van der Waals surface area contributed by atoms with Crippen LogP contribution in [0.3, 0.4) is 0 Å². The SMILES string of the molecule is CNc1ncc(Br)c(N2CCSC(C)C2C)n1. The Bertz CT molecular complexity index is 401. The number of anilines is 2. The quantitative estimate of drug-likeness (QED) is 0.908. The van der Waals surface area contributed by atoms with Crippen LogP contribution in [-0.4, -0.2) is 40.6 Å². The van der Waals surface area contributed by atoms with E-state index in [4.69, 9.17) is 0 Å². The third kappa shape index (κ3) is 2.68. The van der Waals surface area contributed by atoms with Crippen LogP contribution in [0.5, 0.6) is 0 Å². The first kappa shape index (κ1) is 13.0. The van der Waals surface area contributed by atoms with E-state index in [9.17, 15) is 0 Å². The molecule has 1 aliphatic heterocycles. The number of thioether (sulfide) groups is 1. The van der Waals surface area contributed by atoms with Gasteiger partial charge in [-0.25, -0.2) is 4.98 Å². The van der Waals surface area contributed by atoms with Crippen molar-refractivity contribution < 1.29 is 0 Å². The van der Waals surface area contributed by atoms with E-state index in [-0.39, 0.29) is 0 Å². The van der Waals surface area contributed by atoms with Gasteiger partial charge >= 0.3 is 0 Å². The van der Waals surface area contributed by atoms with Gasteiger partial charge in [0.05, 0.1) is 4.47 Å². The Hall–Kier alpha value is -0.490. The predicted molar refractivity (Wildman–Crippen MR) is 78.0 cm³/mol. The highest BCUT2D eigenvalue weighted by atomic mass is 79.9. The summed E-state index contributed by atoms with van der Waals surface area (Å²) in [6.07, 6.45) is 1.81. The minimum atomic E-state index is 0.490. The largest absolute Gasteiger partial charge is 0.357 e. The van der Waals surface area contributed by atoms with Crippen molar-refractivity contribution in [3.05, 3.63) is 10.7 Å². The molecule has 1 fully saturated rings. The second-order valence-corrected chi connectivity index (χ2v) is 6.46. The van der Waals surface area contributed by atoms with Crippen LogP contribution < -0.4 is 10.2 Å². The molecular weight excluding hydrogens is 300 g/mol. The van der Waals surface area contributed by atoms with Crippen molar-refractivity contribution in [2.24, 2.45) is 0 Å². The van der Waals surface area contributed by atoms with Crippen LogP contribution >= 0.6 is 27.7 Å². The summed E-state index contributed by atoms with van der Waals surface area (Å²) in [5, 5.41) is 3.61. The molecule has 1 saturated heterocycles. The summed E-state index contributed by atoms with van der Waals surface area (Å²) in [7, 11) is 1.84. The van der Waals surface area contributed by atoms with Crippen molar-refractivity contribution in [1.82, 2.24) is 9.97 Å². The molecule has 0 spiro atoms. The van der Waals surface area contributed by atoms with E-state index in [1.165, 1.54) is 0 Å². The molecule has 0 aliphatic carbocycles. The highest BCUT2D eigenvalue weighted by Gasteiger charge is 2.27. The van der Waals surface area contributed by atoms with Gasteiger partial charge < -0.3 is 10.2 Å². The van der Waals surface area contributed by atoms with Gasteiger partial charge in [-0.3, -0.25) is 0 Å². The Balaban J connectivity index is 2.31. The Morgan fingerprint density at radius 1 is 1.53 bits per heavy atom. The summed E-state index contributed by atoms with van der Waals surface area (Å²) in [6.45, 7) is 5.56. The average molecular weight is 317 g/mol. The fourth-order valence-electron chi connectivity index (χ4n) is 1.91. The second-order valence-electron chi connectivity index (χ2n) is 4.13. The molecule has 4 nitrogen and oxygen atoms in total. The van der Waals surface area contributed by atoms with Crippen molar-refractivity contribution in [2.45, 2.75) is 25.1 Å². The Kier molecular flexibility index (Phi) is 4.14. The standard InChI is InChI=1S/C11H17BrN4S/c1-7-8(2)17-5-4-16(7)10-9(12)6-14-11(13-3)15-10/h6-8H,4-5H2,1-3H3,(H,13,14,15). The molecule has 1 N–H and O–H groups in total. The van der Waals surface area contributed by atoms with E-state index in [0.717, 1.165) is 22.6 Å². The van der Waals surface area contributed by atoms with E-state index in [1.807, 2.05) is 25.0 Å². The third-order valence-electron chi connectivity index (χ3n) is 3.11. The summed E-state index contributed by atoms with van der Waals surface area (Å²) in [4.78, 5) is 11.1. The summed E-state index contributed by atoms with van der Waals surface area (Å²) >= 11 is 5.57. The molecule has 0 bridgehead atoms. The highest BCUT2D eigenvalue weighted by molar-refractivity contribution is 9.10. The molecule has 94 valence electrons. The number of nitrogens with one attached hydrogen (secondary N) is 1. The number of hydrogen-bond donors (Lipinski definition) is 1. The second kappa shape index (κ2) is 5.44.